The molecular formula is C22H18N2O4S. The second-order valence-electron chi connectivity index (χ2n) is 6.65. The standard InChI is InChI=1S/C22H18N2O4S/c1-29(26,27)16-10-8-15(9-11-16)14-23-22(25)18-13-20(21-7-4-12-28-21)24-19-6-3-2-5-17(18)19/h2-13H,14H2,1H3,(H,23,25). The third-order valence-corrected chi connectivity index (χ3v) is 5.67. The number of rotatable bonds is 5. The van der Waals surface area contributed by atoms with Crippen LogP contribution in [0.15, 0.2) is 82.3 Å². The van der Waals surface area contributed by atoms with Crippen molar-refractivity contribution in [3.05, 3.63) is 84.1 Å². The maximum atomic E-state index is 12.9. The molecule has 1 amide bonds. The summed E-state index contributed by atoms with van der Waals surface area (Å²) in [4.78, 5) is 17.7. The maximum absolute atomic E-state index is 12.9. The van der Waals surface area contributed by atoms with E-state index in [1.165, 1.54) is 12.1 Å². The third kappa shape index (κ3) is 4.05. The van der Waals surface area contributed by atoms with E-state index in [2.05, 4.69) is 10.3 Å². The number of hydrogen-bond donors (Lipinski definition) is 1. The van der Waals surface area contributed by atoms with Crippen LogP contribution in [0.1, 0.15) is 15.9 Å². The van der Waals surface area contributed by atoms with Gasteiger partial charge in [0.25, 0.3) is 5.91 Å². The van der Waals surface area contributed by atoms with Gasteiger partial charge < -0.3 is 9.73 Å². The van der Waals surface area contributed by atoms with Crippen molar-refractivity contribution >= 4 is 26.6 Å². The lowest BCUT2D eigenvalue weighted by Crippen LogP contribution is -2.23. The minimum atomic E-state index is -3.25. The van der Waals surface area contributed by atoms with Crippen molar-refractivity contribution in [2.45, 2.75) is 11.4 Å². The van der Waals surface area contributed by atoms with Crippen LogP contribution in [0.3, 0.4) is 0 Å². The molecule has 1 N–H and O–H groups in total. The van der Waals surface area contributed by atoms with Crippen molar-refractivity contribution in [3.63, 3.8) is 0 Å². The summed E-state index contributed by atoms with van der Waals surface area (Å²) < 4.78 is 28.6. The largest absolute Gasteiger partial charge is 0.463 e. The van der Waals surface area contributed by atoms with Gasteiger partial charge in [-0.25, -0.2) is 13.4 Å². The fourth-order valence-corrected chi connectivity index (χ4v) is 3.68. The molecule has 0 aliphatic carbocycles. The average molecular weight is 406 g/mol. The summed E-state index contributed by atoms with van der Waals surface area (Å²) >= 11 is 0. The summed E-state index contributed by atoms with van der Waals surface area (Å²) in [5, 5.41) is 3.63. The molecule has 7 heteroatoms. The lowest BCUT2D eigenvalue weighted by atomic mass is 10.1. The number of amides is 1. The Morgan fingerprint density at radius 3 is 2.48 bits per heavy atom. The van der Waals surface area contributed by atoms with Gasteiger partial charge in [0.1, 0.15) is 5.69 Å². The van der Waals surface area contributed by atoms with Gasteiger partial charge in [-0.15, -0.1) is 0 Å². The van der Waals surface area contributed by atoms with Crippen molar-refractivity contribution in [3.8, 4) is 11.5 Å². The molecule has 29 heavy (non-hydrogen) atoms. The van der Waals surface area contributed by atoms with Gasteiger partial charge >= 0.3 is 0 Å². The quantitative estimate of drug-likeness (QED) is 0.544. The van der Waals surface area contributed by atoms with Crippen LogP contribution in [0.4, 0.5) is 0 Å². The third-order valence-electron chi connectivity index (χ3n) is 4.54. The van der Waals surface area contributed by atoms with Crippen LogP contribution in [0.5, 0.6) is 0 Å². The van der Waals surface area contributed by atoms with Crippen molar-refractivity contribution < 1.29 is 17.6 Å². The highest BCUT2D eigenvalue weighted by Crippen LogP contribution is 2.25. The highest BCUT2D eigenvalue weighted by Gasteiger charge is 2.15. The van der Waals surface area contributed by atoms with E-state index in [1.807, 2.05) is 24.3 Å². The van der Waals surface area contributed by atoms with Crippen LogP contribution >= 0.6 is 0 Å². The molecule has 146 valence electrons. The number of nitrogens with one attached hydrogen (secondary N) is 1. The maximum Gasteiger partial charge on any atom is 0.252 e. The molecule has 0 spiro atoms. The molecule has 4 rings (SSSR count). The van der Waals surface area contributed by atoms with Crippen molar-refractivity contribution in [2.24, 2.45) is 0 Å². The fourth-order valence-electron chi connectivity index (χ4n) is 3.05. The highest BCUT2D eigenvalue weighted by molar-refractivity contribution is 7.90. The predicted molar refractivity (Wildman–Crippen MR) is 110 cm³/mol. The molecule has 0 aliphatic rings. The van der Waals surface area contributed by atoms with Crippen molar-refractivity contribution in [1.82, 2.24) is 10.3 Å². The first kappa shape index (κ1) is 18.9. The second kappa shape index (κ2) is 7.52. The van der Waals surface area contributed by atoms with Gasteiger partial charge in [-0.2, -0.15) is 0 Å². The lowest BCUT2D eigenvalue weighted by Gasteiger charge is -2.10. The Morgan fingerprint density at radius 2 is 1.79 bits per heavy atom. The fraction of sp³-hybridized carbons (Fsp3) is 0.0909. The summed E-state index contributed by atoms with van der Waals surface area (Å²) in [6, 6.07) is 19.2. The number of pyridine rings is 1. The van der Waals surface area contributed by atoms with E-state index in [0.29, 0.717) is 22.5 Å². The van der Waals surface area contributed by atoms with Crippen LogP contribution in [0.2, 0.25) is 0 Å². The zero-order valence-electron chi connectivity index (χ0n) is 15.6. The molecule has 0 unspecified atom stereocenters. The smallest absolute Gasteiger partial charge is 0.252 e. The first-order valence-electron chi connectivity index (χ1n) is 8.93. The van der Waals surface area contributed by atoms with Gasteiger partial charge in [0, 0.05) is 18.2 Å². The number of fused-ring (bicyclic) bond motifs is 1. The van der Waals surface area contributed by atoms with Crippen molar-refractivity contribution in [1.29, 1.82) is 0 Å². The molecule has 0 aliphatic heterocycles. The number of sulfone groups is 1. The number of para-hydroxylation sites is 1. The van der Waals surface area contributed by atoms with E-state index in [4.69, 9.17) is 4.42 Å². The molecule has 2 aromatic heterocycles. The molecule has 0 fully saturated rings. The number of benzene rings is 2. The number of aromatic nitrogens is 1. The number of hydrogen-bond acceptors (Lipinski definition) is 5. The topological polar surface area (TPSA) is 89.3 Å². The van der Waals surface area contributed by atoms with Gasteiger partial charge in [0.05, 0.1) is 22.2 Å². The van der Waals surface area contributed by atoms with E-state index in [9.17, 15) is 13.2 Å². The first-order valence-corrected chi connectivity index (χ1v) is 10.8. The molecule has 0 atom stereocenters. The Morgan fingerprint density at radius 1 is 1.03 bits per heavy atom. The van der Waals surface area contributed by atoms with Gasteiger partial charge in [-0.1, -0.05) is 30.3 Å². The Hall–Kier alpha value is -3.45. The van der Waals surface area contributed by atoms with Crippen molar-refractivity contribution in [2.75, 3.05) is 6.26 Å². The molecule has 0 bridgehead atoms. The highest BCUT2D eigenvalue weighted by atomic mass is 32.2. The van der Waals surface area contributed by atoms with Gasteiger partial charge in [-0.3, -0.25) is 4.79 Å². The van der Waals surface area contributed by atoms with E-state index < -0.39 is 9.84 Å². The summed E-state index contributed by atoms with van der Waals surface area (Å²) in [6.07, 6.45) is 2.72. The van der Waals surface area contributed by atoms with Crippen LogP contribution < -0.4 is 5.32 Å². The SMILES string of the molecule is CS(=O)(=O)c1ccc(CNC(=O)c2cc(-c3ccco3)nc3ccccc23)cc1. The Bertz CT molecular complexity index is 1280. The molecule has 6 nitrogen and oxygen atoms in total. The first-order chi connectivity index (χ1) is 13.9. The predicted octanol–water partition coefficient (Wildman–Crippen LogP) is 3.83. The molecule has 0 radical (unpaired) electrons. The van der Waals surface area contributed by atoms with Crippen LogP contribution in [-0.2, 0) is 16.4 Å². The second-order valence-corrected chi connectivity index (χ2v) is 8.66. The van der Waals surface area contributed by atoms with Crippen LogP contribution in [-0.4, -0.2) is 25.6 Å². The molecule has 4 aromatic rings. The number of nitrogens with zero attached hydrogens (tertiary/aromatic N) is 1. The normalized spacial score (nSPS) is 11.5. The minimum Gasteiger partial charge on any atom is -0.463 e. The van der Waals surface area contributed by atoms with Crippen LogP contribution in [0.25, 0.3) is 22.4 Å². The van der Waals surface area contributed by atoms with Gasteiger partial charge in [0.15, 0.2) is 15.6 Å². The molecule has 2 heterocycles. The van der Waals surface area contributed by atoms with Gasteiger partial charge in [-0.05, 0) is 42.0 Å². The van der Waals surface area contributed by atoms with Crippen LogP contribution in [0, 0.1) is 0 Å². The van der Waals surface area contributed by atoms with E-state index in [1.54, 1.807) is 36.6 Å². The Labute approximate surface area is 168 Å². The molecular weight excluding hydrogens is 388 g/mol. The zero-order chi connectivity index (χ0) is 20.4. The zero-order valence-corrected chi connectivity index (χ0v) is 16.4. The Kier molecular flexibility index (Phi) is 4.90. The molecule has 2 aromatic carbocycles. The number of carbonyl (C=O) groups excluding carboxylic acids is 1. The summed E-state index contributed by atoms with van der Waals surface area (Å²) in [7, 11) is -3.25. The molecule has 0 saturated carbocycles. The lowest BCUT2D eigenvalue weighted by molar-refractivity contribution is 0.0952. The van der Waals surface area contributed by atoms with E-state index in [-0.39, 0.29) is 17.3 Å². The number of carbonyl (C=O) groups is 1. The number of furan rings is 1. The van der Waals surface area contributed by atoms with E-state index in [0.717, 1.165) is 17.2 Å². The average Bonchev–Trinajstić information content (AvgIpc) is 3.26. The summed E-state index contributed by atoms with van der Waals surface area (Å²) in [5.41, 5.74) is 2.57. The Balaban J connectivity index is 1.61. The summed E-state index contributed by atoms with van der Waals surface area (Å²) in [6.45, 7) is 0.273. The molecule has 0 saturated heterocycles. The summed E-state index contributed by atoms with van der Waals surface area (Å²) in [5.74, 6) is 0.338. The van der Waals surface area contributed by atoms with Gasteiger partial charge in [0.2, 0.25) is 0 Å². The minimum absolute atomic E-state index is 0.246. The monoisotopic (exact) mass is 406 g/mol. The van der Waals surface area contributed by atoms with E-state index >= 15 is 0 Å².